The standard InChI is InChI=1S/C31H30F2N6O2.C18H11ClF2N2/c1-19-29(23-3-2-4-25-22(23)5-6-34-25)36-26-16-20(32)15-24(33)28(26)30(19)37-27-17-21(38-7-11-40-12-8-38)18-35-31(27)39-9-13-41-14-10-39;1-9-17(19)16-13(21)7-10(20)8-15(16)23-18(9)12-3-2-4-14-11(12)5-6-22-14/h2-6,15-18,34H,7-14H2,1H3,(H,36,37);2-8,22H,1H3. The zero-order chi connectivity index (χ0) is 44.1. The lowest BCUT2D eigenvalue weighted by Gasteiger charge is -2.32. The van der Waals surface area contributed by atoms with E-state index in [9.17, 15) is 13.2 Å². The molecule has 2 aliphatic rings. The second-order valence-electron chi connectivity index (χ2n) is 15.8. The molecular weight excluding hydrogens is 844 g/mol. The summed E-state index contributed by atoms with van der Waals surface area (Å²) >= 11 is 6.35. The number of morpholine rings is 2. The Labute approximate surface area is 369 Å². The van der Waals surface area contributed by atoms with Crippen molar-refractivity contribution in [3.8, 4) is 22.5 Å². The number of aromatic amines is 2. The van der Waals surface area contributed by atoms with Gasteiger partial charge in [-0.1, -0.05) is 35.9 Å². The van der Waals surface area contributed by atoms with Crippen LogP contribution in [0.3, 0.4) is 0 Å². The van der Waals surface area contributed by atoms with E-state index in [4.69, 9.17) is 31.0 Å². The maximum Gasteiger partial charge on any atom is 0.152 e. The van der Waals surface area contributed by atoms with Crippen LogP contribution < -0.4 is 15.1 Å². The van der Waals surface area contributed by atoms with Crippen molar-refractivity contribution in [1.29, 1.82) is 0 Å². The third kappa shape index (κ3) is 7.61. The lowest BCUT2D eigenvalue weighted by molar-refractivity contribution is 0.122. The van der Waals surface area contributed by atoms with Crippen LogP contribution in [0.2, 0.25) is 5.02 Å². The van der Waals surface area contributed by atoms with Crippen LogP contribution in [0.15, 0.2) is 97.5 Å². The van der Waals surface area contributed by atoms with Crippen molar-refractivity contribution >= 4 is 78.1 Å². The Bertz CT molecular complexity index is 3240. The summed E-state index contributed by atoms with van der Waals surface area (Å²) in [5.74, 6) is -1.96. The molecule has 0 unspecified atom stereocenters. The van der Waals surface area contributed by atoms with Gasteiger partial charge in [-0.15, -0.1) is 0 Å². The first kappa shape index (κ1) is 41.3. The van der Waals surface area contributed by atoms with Crippen molar-refractivity contribution in [2.45, 2.75) is 13.8 Å². The molecule has 9 aromatic rings. The first-order valence-corrected chi connectivity index (χ1v) is 21.3. The molecule has 2 aliphatic heterocycles. The van der Waals surface area contributed by atoms with Crippen molar-refractivity contribution in [3.05, 3.63) is 137 Å². The number of H-pyrrole nitrogens is 2. The zero-order valence-corrected chi connectivity index (χ0v) is 35.6. The monoisotopic (exact) mass is 884 g/mol. The molecule has 5 aromatic heterocycles. The zero-order valence-electron chi connectivity index (χ0n) is 34.8. The number of pyridine rings is 3. The molecule has 2 fully saturated rings. The number of benzene rings is 4. The average molecular weight is 885 g/mol. The fourth-order valence-corrected chi connectivity index (χ4v) is 9.00. The van der Waals surface area contributed by atoms with Gasteiger partial charge in [-0.3, -0.25) is 0 Å². The van der Waals surface area contributed by atoms with Gasteiger partial charge in [0, 0.05) is 95.8 Å². The van der Waals surface area contributed by atoms with Crippen LogP contribution in [-0.4, -0.2) is 77.5 Å². The molecule has 7 heterocycles. The maximum atomic E-state index is 15.6. The first-order valence-electron chi connectivity index (χ1n) is 20.9. The van der Waals surface area contributed by atoms with E-state index in [1.54, 1.807) is 6.92 Å². The molecule has 0 amide bonds. The van der Waals surface area contributed by atoms with Gasteiger partial charge in [0.15, 0.2) is 5.82 Å². The number of fused-ring (bicyclic) bond motifs is 4. The van der Waals surface area contributed by atoms with E-state index >= 15 is 4.39 Å². The summed E-state index contributed by atoms with van der Waals surface area (Å²) in [6, 6.07) is 21.9. The quantitative estimate of drug-likeness (QED) is 0.142. The Morgan fingerprint density at radius 2 is 1.17 bits per heavy atom. The molecule has 15 heteroatoms. The molecule has 0 atom stereocenters. The summed E-state index contributed by atoms with van der Waals surface area (Å²) in [7, 11) is 0. The Hall–Kier alpha value is -6.74. The van der Waals surface area contributed by atoms with Gasteiger partial charge in [0.1, 0.15) is 23.3 Å². The number of halogens is 5. The van der Waals surface area contributed by atoms with Gasteiger partial charge in [0.05, 0.1) is 87.9 Å². The minimum Gasteiger partial charge on any atom is -0.378 e. The lowest BCUT2D eigenvalue weighted by atomic mass is 9.98. The highest BCUT2D eigenvalue weighted by Crippen LogP contribution is 2.42. The van der Waals surface area contributed by atoms with Gasteiger partial charge >= 0.3 is 0 Å². The number of ether oxygens (including phenoxy) is 2. The third-order valence-electron chi connectivity index (χ3n) is 11.9. The van der Waals surface area contributed by atoms with E-state index in [2.05, 4.69) is 36.1 Å². The molecule has 64 heavy (non-hydrogen) atoms. The maximum absolute atomic E-state index is 15.6. The van der Waals surface area contributed by atoms with E-state index in [0.717, 1.165) is 80.9 Å². The Morgan fingerprint density at radius 1 is 0.641 bits per heavy atom. The van der Waals surface area contributed by atoms with Crippen LogP contribution >= 0.6 is 11.6 Å². The van der Waals surface area contributed by atoms with Crippen LogP contribution in [0.1, 0.15) is 11.1 Å². The van der Waals surface area contributed by atoms with Crippen LogP contribution in [-0.2, 0) is 9.47 Å². The second-order valence-corrected chi connectivity index (χ2v) is 16.2. The van der Waals surface area contributed by atoms with Gasteiger partial charge in [0.2, 0.25) is 0 Å². The molecule has 2 saturated heterocycles. The van der Waals surface area contributed by atoms with Crippen molar-refractivity contribution < 1.29 is 27.0 Å². The van der Waals surface area contributed by atoms with Crippen LogP contribution in [0.5, 0.6) is 0 Å². The van der Waals surface area contributed by atoms with E-state index < -0.39 is 23.3 Å². The summed E-state index contributed by atoms with van der Waals surface area (Å²) in [4.78, 5) is 25.0. The number of anilines is 4. The highest BCUT2D eigenvalue weighted by molar-refractivity contribution is 6.36. The number of nitrogens with zero attached hydrogens (tertiary/aromatic N) is 5. The van der Waals surface area contributed by atoms with E-state index in [1.807, 2.05) is 74.0 Å². The minimum atomic E-state index is -0.702. The Balaban J connectivity index is 0.000000178. The van der Waals surface area contributed by atoms with Crippen LogP contribution in [0, 0.1) is 37.1 Å². The topological polar surface area (TPSA) is 107 Å². The summed E-state index contributed by atoms with van der Waals surface area (Å²) in [6.07, 6.45) is 5.60. The normalized spacial score (nSPS) is 14.4. The van der Waals surface area contributed by atoms with Crippen molar-refractivity contribution in [1.82, 2.24) is 24.9 Å². The molecule has 0 radical (unpaired) electrons. The van der Waals surface area contributed by atoms with Crippen LogP contribution in [0.25, 0.3) is 66.1 Å². The predicted octanol–water partition coefficient (Wildman–Crippen LogP) is 11.4. The van der Waals surface area contributed by atoms with Crippen molar-refractivity contribution in [3.63, 3.8) is 0 Å². The predicted molar refractivity (Wildman–Crippen MR) is 246 cm³/mol. The van der Waals surface area contributed by atoms with Crippen molar-refractivity contribution in [2.75, 3.05) is 67.7 Å². The van der Waals surface area contributed by atoms with Crippen LogP contribution in [0.4, 0.5) is 40.4 Å². The molecule has 4 aromatic carbocycles. The first-order chi connectivity index (χ1) is 31.1. The average Bonchev–Trinajstić information content (AvgIpc) is 4.00. The van der Waals surface area contributed by atoms with Gasteiger partial charge in [-0.05, 0) is 55.3 Å². The van der Waals surface area contributed by atoms with E-state index in [0.29, 0.717) is 62.2 Å². The van der Waals surface area contributed by atoms with Gasteiger partial charge < -0.3 is 34.6 Å². The summed E-state index contributed by atoms with van der Waals surface area (Å²) in [6.45, 7) is 9.10. The largest absolute Gasteiger partial charge is 0.378 e. The number of hydrogen-bond donors (Lipinski definition) is 3. The van der Waals surface area contributed by atoms with Crippen molar-refractivity contribution in [2.24, 2.45) is 0 Å². The van der Waals surface area contributed by atoms with Gasteiger partial charge in [0.25, 0.3) is 0 Å². The van der Waals surface area contributed by atoms with Gasteiger partial charge in [-0.25, -0.2) is 32.5 Å². The second kappa shape index (κ2) is 17.1. The lowest BCUT2D eigenvalue weighted by Crippen LogP contribution is -2.38. The third-order valence-corrected chi connectivity index (χ3v) is 12.4. The minimum absolute atomic E-state index is 0.149. The molecule has 3 N–H and O–H groups in total. The molecule has 324 valence electrons. The molecule has 0 aliphatic carbocycles. The fraction of sp³-hybridized carbons (Fsp3) is 0.204. The van der Waals surface area contributed by atoms with E-state index in [-0.39, 0.29) is 26.8 Å². The number of aromatic nitrogens is 5. The fourth-order valence-electron chi connectivity index (χ4n) is 8.73. The summed E-state index contributed by atoms with van der Waals surface area (Å²) in [5, 5.41) is 6.17. The summed E-state index contributed by atoms with van der Waals surface area (Å²) in [5.41, 5.74) is 9.03. The molecule has 0 spiro atoms. The number of hydrogen-bond acceptors (Lipinski definition) is 8. The molecule has 10 nitrogen and oxygen atoms in total. The Morgan fingerprint density at radius 3 is 1.77 bits per heavy atom. The Kier molecular flexibility index (Phi) is 11.0. The SMILES string of the molecule is Cc1c(-c2cccc3[nH]ccc23)nc2cc(F)cc(F)c2c1Cl.Cc1c(-c2cccc3[nH]ccc23)nc2cc(F)cc(F)c2c1Nc1cc(N2CCOCC2)cnc1N1CCOCC1. The molecule has 0 bridgehead atoms. The number of nitrogens with one attached hydrogen (secondary N) is 3. The molecular formula is C49H41ClF4N8O2. The van der Waals surface area contributed by atoms with Gasteiger partial charge in [-0.2, -0.15) is 0 Å². The van der Waals surface area contributed by atoms with E-state index in [1.165, 1.54) is 12.1 Å². The smallest absolute Gasteiger partial charge is 0.152 e. The molecule has 11 rings (SSSR count). The highest BCUT2D eigenvalue weighted by Gasteiger charge is 2.24. The highest BCUT2D eigenvalue weighted by atomic mass is 35.5. The number of rotatable bonds is 6. The summed E-state index contributed by atoms with van der Waals surface area (Å²) < 4.78 is 68.8. The molecule has 0 saturated carbocycles.